The van der Waals surface area contributed by atoms with E-state index >= 15 is 0 Å². The van der Waals surface area contributed by atoms with Gasteiger partial charge in [-0.25, -0.2) is 0 Å². The summed E-state index contributed by atoms with van der Waals surface area (Å²) in [5.41, 5.74) is 0. The molecule has 87 heavy (non-hydrogen) atoms. The Labute approximate surface area is 524 Å². The summed E-state index contributed by atoms with van der Waals surface area (Å²) in [5, 5.41) is 120. The molecule has 3 heterocycles. The van der Waals surface area contributed by atoms with Crippen LogP contribution in [0.15, 0.2) is 24.3 Å². The predicted molar refractivity (Wildman–Crippen MR) is 337 cm³/mol. The summed E-state index contributed by atoms with van der Waals surface area (Å²) < 4.78 is 34.3. The van der Waals surface area contributed by atoms with Gasteiger partial charge in [0.2, 0.25) is 5.91 Å². The zero-order valence-electron chi connectivity index (χ0n) is 54.0. The zero-order valence-corrected chi connectivity index (χ0v) is 54.0. The van der Waals surface area contributed by atoms with Gasteiger partial charge < -0.3 is 89.9 Å². The molecule has 0 aromatic carbocycles. The molecule has 0 aromatic rings. The topological polar surface area (TPSA) is 307 Å². The smallest absolute Gasteiger partial charge is 0.220 e. The van der Waals surface area contributed by atoms with E-state index in [-0.39, 0.29) is 18.9 Å². The number of amides is 1. The van der Waals surface area contributed by atoms with Crippen molar-refractivity contribution in [2.75, 3.05) is 26.4 Å². The SMILES string of the molecule is CCCCCCCCCCCCCCC/C=C/CC/C=C/C(O)C(COC1OC(CO)C(OC2OC(CO)C(OC3OC(CO)C(O)C(O)C3O)C(O)C2O)C(O)C1O)NC(=O)CCCCCCCCCCCCCCCCCCCCCCCCC. The van der Waals surface area contributed by atoms with Gasteiger partial charge in [0, 0.05) is 6.42 Å². The molecule has 512 valence electrons. The Morgan fingerprint density at radius 2 is 0.736 bits per heavy atom. The van der Waals surface area contributed by atoms with Crippen LogP contribution in [0.25, 0.3) is 0 Å². The molecule has 17 atom stereocenters. The number of aliphatic hydroxyl groups excluding tert-OH is 11. The van der Waals surface area contributed by atoms with E-state index in [0.717, 1.165) is 38.5 Å². The fraction of sp³-hybridized carbons (Fsp3) is 0.926. The quantitative estimate of drug-likeness (QED) is 0.0200. The highest BCUT2D eigenvalue weighted by atomic mass is 16.8. The maximum atomic E-state index is 13.4. The third kappa shape index (κ3) is 33.1. The summed E-state index contributed by atoms with van der Waals surface area (Å²) in [7, 11) is 0. The van der Waals surface area contributed by atoms with Gasteiger partial charge in [0.15, 0.2) is 18.9 Å². The molecule has 0 aliphatic carbocycles. The number of hydrogen-bond donors (Lipinski definition) is 12. The van der Waals surface area contributed by atoms with E-state index in [9.17, 15) is 61.0 Å². The van der Waals surface area contributed by atoms with Crippen molar-refractivity contribution in [2.24, 2.45) is 0 Å². The van der Waals surface area contributed by atoms with Crippen LogP contribution in [0.1, 0.15) is 271 Å². The molecule has 3 saturated heterocycles. The van der Waals surface area contributed by atoms with Crippen LogP contribution in [0, 0.1) is 0 Å². The van der Waals surface area contributed by atoms with E-state index in [0.29, 0.717) is 12.8 Å². The molecule has 0 aromatic heterocycles. The van der Waals surface area contributed by atoms with Crippen LogP contribution >= 0.6 is 0 Å². The van der Waals surface area contributed by atoms with Gasteiger partial charge in [-0.3, -0.25) is 4.79 Å². The largest absolute Gasteiger partial charge is 0.394 e. The maximum absolute atomic E-state index is 13.4. The summed E-state index contributed by atoms with van der Waals surface area (Å²) in [6.07, 6.45) is 30.1. The van der Waals surface area contributed by atoms with Crippen LogP contribution in [0.2, 0.25) is 0 Å². The second-order valence-electron chi connectivity index (χ2n) is 25.3. The van der Waals surface area contributed by atoms with Gasteiger partial charge in [0.25, 0.3) is 0 Å². The van der Waals surface area contributed by atoms with E-state index in [1.807, 2.05) is 6.08 Å². The number of rotatable bonds is 54. The molecule has 12 N–H and O–H groups in total. The van der Waals surface area contributed by atoms with Gasteiger partial charge in [-0.1, -0.05) is 256 Å². The van der Waals surface area contributed by atoms with E-state index < -0.39 is 124 Å². The molecule has 0 saturated carbocycles. The molecule has 3 aliphatic heterocycles. The van der Waals surface area contributed by atoms with Crippen LogP contribution in [0.3, 0.4) is 0 Å². The molecule has 17 unspecified atom stereocenters. The van der Waals surface area contributed by atoms with Gasteiger partial charge in [-0.2, -0.15) is 0 Å². The monoisotopic (exact) mass is 1250 g/mol. The van der Waals surface area contributed by atoms with E-state index in [1.54, 1.807) is 6.08 Å². The number of unbranched alkanes of at least 4 members (excludes halogenated alkanes) is 36. The highest BCUT2D eigenvalue weighted by Gasteiger charge is 2.53. The van der Waals surface area contributed by atoms with Gasteiger partial charge in [0.1, 0.15) is 73.2 Å². The van der Waals surface area contributed by atoms with Crippen molar-refractivity contribution in [3.63, 3.8) is 0 Å². The van der Waals surface area contributed by atoms with E-state index in [2.05, 4.69) is 31.3 Å². The molecular formula is C68H127NO18. The number of nitrogens with one attached hydrogen (secondary N) is 1. The Balaban J connectivity index is 1.45. The van der Waals surface area contributed by atoms with E-state index in [4.69, 9.17) is 28.4 Å². The Morgan fingerprint density at radius 3 is 1.15 bits per heavy atom. The molecule has 3 rings (SSSR count). The molecule has 3 aliphatic rings. The van der Waals surface area contributed by atoms with Crippen LogP contribution < -0.4 is 5.32 Å². The Kier molecular flexibility index (Phi) is 46.4. The second kappa shape index (κ2) is 50.8. The standard InChI is InChI=1S/C68H127NO18/c1-3-5-7-9-11-13-15-17-19-21-23-24-25-26-28-30-32-34-36-38-40-42-44-46-56(74)69-51(52(73)45-43-41-39-37-35-33-31-29-27-22-20-18-16-14-12-10-8-6-4-2)50-82-66-62(80)59(77)64(54(48-71)84-66)87-68-63(81)60(78)65(55(49-72)85-68)86-67-61(79)58(76)57(75)53(47-70)83-67/h35,37,43,45,51-55,57-68,70-73,75-81H,3-34,36,38-42,44,46-50H2,1-2H3,(H,69,74)/b37-35+,45-43+. The van der Waals surface area contributed by atoms with Gasteiger partial charge in [-0.15, -0.1) is 0 Å². The summed E-state index contributed by atoms with van der Waals surface area (Å²) >= 11 is 0. The van der Waals surface area contributed by atoms with Crippen molar-refractivity contribution < 1.29 is 89.4 Å². The summed E-state index contributed by atoms with van der Waals surface area (Å²) in [5.74, 6) is -0.280. The van der Waals surface area contributed by atoms with Crippen LogP contribution in [-0.2, 0) is 33.2 Å². The number of carbonyl (C=O) groups excluding carboxylic acids is 1. The third-order valence-electron chi connectivity index (χ3n) is 17.8. The van der Waals surface area contributed by atoms with Crippen molar-refractivity contribution in [2.45, 2.75) is 375 Å². The van der Waals surface area contributed by atoms with Crippen molar-refractivity contribution in [1.29, 1.82) is 0 Å². The van der Waals surface area contributed by atoms with Crippen LogP contribution in [-0.4, -0.2) is 193 Å². The first kappa shape index (κ1) is 79.5. The lowest BCUT2D eigenvalue weighted by Crippen LogP contribution is -2.66. The van der Waals surface area contributed by atoms with Crippen molar-refractivity contribution in [3.05, 3.63) is 24.3 Å². The average Bonchev–Trinajstić information content (AvgIpc) is 2.88. The first-order valence-electron chi connectivity index (χ1n) is 35.1. The molecule has 3 fully saturated rings. The molecule has 0 radical (unpaired) electrons. The number of allylic oxidation sites excluding steroid dienone is 3. The molecule has 19 heteroatoms. The minimum absolute atomic E-state index is 0.241. The lowest BCUT2D eigenvalue weighted by molar-refractivity contribution is -0.379. The van der Waals surface area contributed by atoms with Gasteiger partial charge >= 0.3 is 0 Å². The second-order valence-corrected chi connectivity index (χ2v) is 25.3. The highest BCUT2D eigenvalue weighted by Crippen LogP contribution is 2.33. The molecule has 0 bridgehead atoms. The first-order valence-corrected chi connectivity index (χ1v) is 35.1. The fourth-order valence-electron chi connectivity index (χ4n) is 12.0. The van der Waals surface area contributed by atoms with Crippen LogP contribution in [0.4, 0.5) is 0 Å². The Hall–Kier alpha value is -1.73. The average molecular weight is 1250 g/mol. The maximum Gasteiger partial charge on any atom is 0.220 e. The number of hydrogen-bond acceptors (Lipinski definition) is 18. The molecular weight excluding hydrogens is 1120 g/mol. The highest BCUT2D eigenvalue weighted by molar-refractivity contribution is 5.76. The summed E-state index contributed by atoms with van der Waals surface area (Å²) in [6.45, 7) is 1.75. The Bertz CT molecular complexity index is 1680. The number of aliphatic hydroxyl groups is 11. The molecule has 19 nitrogen and oxygen atoms in total. The number of ether oxygens (including phenoxy) is 6. The summed E-state index contributed by atoms with van der Waals surface area (Å²) in [6, 6.07) is -0.986. The van der Waals surface area contributed by atoms with Crippen molar-refractivity contribution >= 4 is 5.91 Å². The zero-order chi connectivity index (χ0) is 63.3. The van der Waals surface area contributed by atoms with Crippen molar-refractivity contribution in [3.8, 4) is 0 Å². The van der Waals surface area contributed by atoms with Gasteiger partial charge in [-0.05, 0) is 32.1 Å². The normalized spacial score (nSPS) is 28.7. The molecule has 1 amide bonds. The predicted octanol–water partition coefficient (Wildman–Crippen LogP) is 9.05. The lowest BCUT2D eigenvalue weighted by Gasteiger charge is -2.48. The van der Waals surface area contributed by atoms with Crippen molar-refractivity contribution in [1.82, 2.24) is 5.32 Å². The first-order chi connectivity index (χ1) is 42.3. The van der Waals surface area contributed by atoms with Gasteiger partial charge in [0.05, 0.1) is 38.6 Å². The Morgan fingerprint density at radius 1 is 0.402 bits per heavy atom. The van der Waals surface area contributed by atoms with E-state index in [1.165, 1.54) is 199 Å². The number of carbonyl (C=O) groups is 1. The minimum Gasteiger partial charge on any atom is -0.394 e. The third-order valence-corrected chi connectivity index (χ3v) is 17.8. The van der Waals surface area contributed by atoms with Crippen LogP contribution in [0.5, 0.6) is 0 Å². The summed E-state index contributed by atoms with van der Waals surface area (Å²) in [4.78, 5) is 13.4. The fourth-order valence-corrected chi connectivity index (χ4v) is 12.0. The minimum atomic E-state index is -1.98. The lowest BCUT2D eigenvalue weighted by atomic mass is 9.96. The molecule has 0 spiro atoms.